The van der Waals surface area contributed by atoms with Crippen molar-refractivity contribution in [2.45, 2.75) is 24.7 Å². The van der Waals surface area contributed by atoms with E-state index >= 15 is 0 Å². The molecule has 9 nitrogen and oxygen atoms in total. The first kappa shape index (κ1) is 21.1. The Bertz CT molecular complexity index is 1110. The Labute approximate surface area is 168 Å². The van der Waals surface area contributed by atoms with Gasteiger partial charge in [-0.05, 0) is 38.0 Å². The molecule has 1 aliphatic rings. The molecule has 158 valence electrons. The van der Waals surface area contributed by atoms with Crippen molar-refractivity contribution in [3.8, 4) is 0 Å². The summed E-state index contributed by atoms with van der Waals surface area (Å²) in [6, 6.07) is 4.38. The molecule has 0 saturated carbocycles. The number of amides is 1. The van der Waals surface area contributed by atoms with E-state index in [9.17, 15) is 22.8 Å². The molecule has 1 aromatic heterocycles. The number of likely N-dealkylation sites (tertiary alicyclic amines) is 1. The number of aryl methyl sites for hydroxylation is 2. The average Bonchev–Trinajstić information content (AvgIpc) is 2.92. The fraction of sp³-hybridized carbons (Fsp3) is 0.526. The maximum Gasteiger partial charge on any atom is 0.328 e. The number of sulfone groups is 1. The molecule has 2 aromatic rings. The number of hydrogen-bond acceptors (Lipinski definition) is 6. The molecule has 0 aliphatic carbocycles. The molecule has 1 aliphatic heterocycles. The molecule has 1 aromatic carbocycles. The Kier molecular flexibility index (Phi) is 5.83. The Morgan fingerprint density at radius 2 is 1.86 bits per heavy atom. The fourth-order valence-electron chi connectivity index (χ4n) is 3.67. The van der Waals surface area contributed by atoms with Crippen molar-refractivity contribution in [2.75, 3.05) is 25.4 Å². The van der Waals surface area contributed by atoms with Crippen LogP contribution in [0.5, 0.6) is 0 Å². The summed E-state index contributed by atoms with van der Waals surface area (Å²) in [6.07, 6.45) is 1.24. The van der Waals surface area contributed by atoms with Gasteiger partial charge in [-0.15, -0.1) is 0 Å². The van der Waals surface area contributed by atoms with Gasteiger partial charge in [0.1, 0.15) is 5.75 Å². The van der Waals surface area contributed by atoms with E-state index in [0.717, 1.165) is 0 Å². The molecule has 1 amide bonds. The Morgan fingerprint density at radius 1 is 1.17 bits per heavy atom. The van der Waals surface area contributed by atoms with Crippen molar-refractivity contribution in [1.82, 2.24) is 14.0 Å². The third-order valence-corrected chi connectivity index (χ3v) is 6.91. The van der Waals surface area contributed by atoms with Gasteiger partial charge in [-0.25, -0.2) is 13.2 Å². The summed E-state index contributed by atoms with van der Waals surface area (Å²) in [4.78, 5) is 38.0. The SMILES string of the molecule is CCOC(=O)[C@H]1CCCN(C(=O)CS(=O)(=O)c2ccc3c(c2)n(C)c(=O)n3C)C1. The van der Waals surface area contributed by atoms with Crippen molar-refractivity contribution in [3.05, 3.63) is 28.7 Å². The molecule has 1 atom stereocenters. The third-order valence-electron chi connectivity index (χ3n) is 5.31. The van der Waals surface area contributed by atoms with Crippen molar-refractivity contribution in [3.63, 3.8) is 0 Å². The van der Waals surface area contributed by atoms with E-state index in [4.69, 9.17) is 4.74 Å². The zero-order chi connectivity index (χ0) is 21.3. The second-order valence-electron chi connectivity index (χ2n) is 7.24. The summed E-state index contributed by atoms with van der Waals surface area (Å²) in [5, 5.41) is 0. The lowest BCUT2D eigenvalue weighted by atomic mass is 9.98. The molecular formula is C19H25N3O6S. The summed E-state index contributed by atoms with van der Waals surface area (Å²) in [6.45, 7) is 2.56. The van der Waals surface area contributed by atoms with Crippen molar-refractivity contribution in [1.29, 1.82) is 0 Å². The number of ether oxygens (including phenoxy) is 1. The normalized spacial score (nSPS) is 17.5. The minimum atomic E-state index is -3.90. The first-order valence-corrected chi connectivity index (χ1v) is 11.1. The molecule has 0 N–H and O–H groups in total. The minimum absolute atomic E-state index is 0.0153. The largest absolute Gasteiger partial charge is 0.466 e. The van der Waals surface area contributed by atoms with Gasteiger partial charge >= 0.3 is 11.7 Å². The van der Waals surface area contributed by atoms with Gasteiger partial charge in [-0.2, -0.15) is 0 Å². The summed E-state index contributed by atoms with van der Waals surface area (Å²) in [5.74, 6) is -2.01. The molecule has 29 heavy (non-hydrogen) atoms. The summed E-state index contributed by atoms with van der Waals surface area (Å²) < 4.78 is 33.4. The lowest BCUT2D eigenvalue weighted by Gasteiger charge is -2.31. The van der Waals surface area contributed by atoms with Crippen LogP contribution in [-0.2, 0) is 38.3 Å². The second-order valence-corrected chi connectivity index (χ2v) is 9.23. The molecule has 1 fully saturated rings. The number of imidazole rings is 1. The maximum absolute atomic E-state index is 12.8. The van der Waals surface area contributed by atoms with E-state index in [2.05, 4.69) is 0 Å². The van der Waals surface area contributed by atoms with Crippen LogP contribution < -0.4 is 5.69 Å². The van der Waals surface area contributed by atoms with Gasteiger partial charge in [0.05, 0.1) is 28.5 Å². The van der Waals surface area contributed by atoms with Crippen molar-refractivity contribution < 1.29 is 22.7 Å². The Balaban J connectivity index is 1.79. The van der Waals surface area contributed by atoms with E-state index < -0.39 is 27.4 Å². The first-order valence-electron chi connectivity index (χ1n) is 9.48. The van der Waals surface area contributed by atoms with Crippen LogP contribution >= 0.6 is 0 Å². The average molecular weight is 423 g/mol. The summed E-state index contributed by atoms with van der Waals surface area (Å²) in [5.41, 5.74) is 0.825. The predicted molar refractivity (Wildman–Crippen MR) is 106 cm³/mol. The zero-order valence-corrected chi connectivity index (χ0v) is 17.6. The Hall–Kier alpha value is -2.62. The number of piperidine rings is 1. The number of esters is 1. The van der Waals surface area contributed by atoms with E-state index in [-0.39, 0.29) is 29.7 Å². The maximum atomic E-state index is 12.8. The van der Waals surface area contributed by atoms with Crippen molar-refractivity contribution in [2.24, 2.45) is 20.0 Å². The highest BCUT2D eigenvalue weighted by molar-refractivity contribution is 7.92. The molecular weight excluding hydrogens is 398 g/mol. The summed E-state index contributed by atoms with van der Waals surface area (Å²) >= 11 is 0. The van der Waals surface area contributed by atoms with Gasteiger partial charge in [-0.3, -0.25) is 18.7 Å². The van der Waals surface area contributed by atoms with Crippen LogP contribution in [0.2, 0.25) is 0 Å². The Morgan fingerprint density at radius 3 is 2.55 bits per heavy atom. The standard InChI is InChI=1S/C19H25N3O6S/c1-4-28-18(24)13-6-5-9-22(11-13)17(23)12-29(26,27)14-7-8-15-16(10-14)21(3)19(25)20(15)2/h7-8,10,13H,4-6,9,11-12H2,1-3H3/t13-/m0/s1. The van der Waals surface area contributed by atoms with E-state index in [1.165, 1.54) is 26.2 Å². The first-order chi connectivity index (χ1) is 13.7. The molecule has 1 saturated heterocycles. The number of hydrogen-bond donors (Lipinski definition) is 0. The molecule has 2 heterocycles. The molecule has 10 heteroatoms. The van der Waals surface area contributed by atoms with Gasteiger partial charge in [0.15, 0.2) is 9.84 Å². The van der Waals surface area contributed by atoms with Crippen LogP contribution in [0.25, 0.3) is 11.0 Å². The molecule has 0 radical (unpaired) electrons. The highest BCUT2D eigenvalue weighted by Crippen LogP contribution is 2.21. The monoisotopic (exact) mass is 423 g/mol. The van der Waals surface area contributed by atoms with Crippen LogP contribution in [0, 0.1) is 5.92 Å². The molecule has 0 unspecified atom stereocenters. The van der Waals surface area contributed by atoms with Crippen LogP contribution in [0.15, 0.2) is 27.9 Å². The zero-order valence-electron chi connectivity index (χ0n) is 16.8. The quantitative estimate of drug-likeness (QED) is 0.647. The number of nitrogens with zero attached hydrogens (tertiary/aromatic N) is 3. The van der Waals surface area contributed by atoms with Gasteiger partial charge < -0.3 is 9.64 Å². The second kappa shape index (κ2) is 8.02. The van der Waals surface area contributed by atoms with Gasteiger partial charge in [0, 0.05) is 27.2 Å². The van der Waals surface area contributed by atoms with Crippen molar-refractivity contribution >= 4 is 32.7 Å². The van der Waals surface area contributed by atoms with Gasteiger partial charge in [0.25, 0.3) is 0 Å². The minimum Gasteiger partial charge on any atom is -0.466 e. The van der Waals surface area contributed by atoms with Crippen LogP contribution in [0.1, 0.15) is 19.8 Å². The van der Waals surface area contributed by atoms with Gasteiger partial charge in [-0.1, -0.05) is 0 Å². The smallest absolute Gasteiger partial charge is 0.328 e. The molecule has 3 rings (SSSR count). The summed E-state index contributed by atoms with van der Waals surface area (Å²) in [7, 11) is -0.726. The van der Waals surface area contributed by atoms with E-state index in [1.54, 1.807) is 27.1 Å². The van der Waals surface area contributed by atoms with E-state index in [1.807, 2.05) is 0 Å². The topological polar surface area (TPSA) is 108 Å². The van der Waals surface area contributed by atoms with Crippen LogP contribution in [-0.4, -0.2) is 59.8 Å². The molecule has 0 spiro atoms. The third kappa shape index (κ3) is 4.07. The number of benzene rings is 1. The number of fused-ring (bicyclic) bond motifs is 1. The number of aromatic nitrogens is 2. The van der Waals surface area contributed by atoms with Gasteiger partial charge in [0.2, 0.25) is 5.91 Å². The number of rotatable bonds is 5. The lowest BCUT2D eigenvalue weighted by Crippen LogP contribution is -2.45. The highest BCUT2D eigenvalue weighted by Gasteiger charge is 2.31. The van der Waals surface area contributed by atoms with Crippen LogP contribution in [0.4, 0.5) is 0 Å². The highest BCUT2D eigenvalue weighted by atomic mass is 32.2. The van der Waals surface area contributed by atoms with Crippen LogP contribution in [0.3, 0.4) is 0 Å². The number of carbonyl (C=O) groups excluding carboxylic acids is 2. The fourth-order valence-corrected chi connectivity index (χ4v) is 4.91. The number of carbonyl (C=O) groups is 2. The molecule has 0 bridgehead atoms. The predicted octanol–water partition coefficient (Wildman–Crippen LogP) is 0.452. The lowest BCUT2D eigenvalue weighted by molar-refractivity contribution is -0.151. The van der Waals surface area contributed by atoms with E-state index in [0.29, 0.717) is 30.4 Å².